The minimum atomic E-state index is -2.49. The Kier molecular flexibility index (Phi) is 2.22. The first-order chi connectivity index (χ1) is 6.48. The first kappa shape index (κ1) is 9.84. The maximum absolute atomic E-state index is 12.6. The molecule has 0 unspecified atom stereocenters. The van der Waals surface area contributed by atoms with Gasteiger partial charge in [0, 0.05) is 30.7 Å². The van der Waals surface area contributed by atoms with E-state index >= 15 is 0 Å². The molecule has 0 aromatic carbocycles. The summed E-state index contributed by atoms with van der Waals surface area (Å²) >= 11 is 5.79. The van der Waals surface area contributed by atoms with E-state index in [1.54, 1.807) is 6.07 Å². The van der Waals surface area contributed by atoms with E-state index in [0.717, 1.165) is 11.3 Å². The summed E-state index contributed by atoms with van der Waals surface area (Å²) in [7, 11) is 0. The minimum absolute atomic E-state index is 0.0823. The molecule has 1 heterocycles. The van der Waals surface area contributed by atoms with Gasteiger partial charge in [0.05, 0.1) is 5.02 Å². The van der Waals surface area contributed by atoms with Crippen LogP contribution in [0.15, 0.2) is 12.3 Å². The molecule has 0 saturated heterocycles. The van der Waals surface area contributed by atoms with Gasteiger partial charge in [-0.2, -0.15) is 0 Å². The molecule has 1 fully saturated rings. The molecule has 1 nitrogen and oxygen atoms in total. The van der Waals surface area contributed by atoms with E-state index in [4.69, 9.17) is 11.6 Å². The topological polar surface area (TPSA) is 12.9 Å². The van der Waals surface area contributed by atoms with E-state index in [-0.39, 0.29) is 18.8 Å². The second kappa shape index (κ2) is 3.16. The Morgan fingerprint density at radius 3 is 2.64 bits per heavy atom. The number of pyridine rings is 1. The van der Waals surface area contributed by atoms with Gasteiger partial charge in [-0.1, -0.05) is 11.6 Å². The average molecular weight is 218 g/mol. The molecule has 1 aliphatic carbocycles. The Labute approximate surface area is 86.1 Å². The molecule has 1 aromatic rings. The lowest BCUT2D eigenvalue weighted by Gasteiger charge is -2.34. The first-order valence-electron chi connectivity index (χ1n) is 4.48. The number of rotatable bonds is 1. The molecule has 0 amide bonds. The zero-order valence-electron chi connectivity index (χ0n) is 7.73. The minimum Gasteiger partial charge on any atom is -0.259 e. The lowest BCUT2D eigenvalue weighted by molar-refractivity contribution is -0.0876. The van der Waals surface area contributed by atoms with Crippen molar-refractivity contribution < 1.29 is 8.78 Å². The van der Waals surface area contributed by atoms with Crippen LogP contribution in [0, 0.1) is 6.92 Å². The fourth-order valence-corrected chi connectivity index (χ4v) is 1.76. The lowest BCUT2D eigenvalue weighted by Crippen LogP contribution is -2.34. The molecule has 0 aliphatic heterocycles. The Balaban J connectivity index is 2.16. The van der Waals surface area contributed by atoms with Crippen LogP contribution < -0.4 is 0 Å². The Hall–Kier alpha value is -0.700. The molecule has 2 rings (SSSR count). The molecule has 1 aromatic heterocycles. The second-order valence-corrected chi connectivity index (χ2v) is 4.23. The molecule has 4 heteroatoms. The van der Waals surface area contributed by atoms with Crippen molar-refractivity contribution in [1.82, 2.24) is 4.98 Å². The summed E-state index contributed by atoms with van der Waals surface area (Å²) in [6, 6.07) is 1.79. The summed E-state index contributed by atoms with van der Waals surface area (Å²) in [5, 5.41) is 0.583. The normalized spacial score (nSPS) is 20.6. The zero-order chi connectivity index (χ0) is 10.3. The highest BCUT2D eigenvalue weighted by atomic mass is 35.5. The smallest absolute Gasteiger partial charge is 0.249 e. The molecule has 14 heavy (non-hydrogen) atoms. The highest BCUT2D eigenvalue weighted by Crippen LogP contribution is 2.47. The number of halogens is 3. The van der Waals surface area contributed by atoms with Crippen LogP contribution in [0.1, 0.15) is 30.0 Å². The van der Waals surface area contributed by atoms with Crippen molar-refractivity contribution in [2.45, 2.75) is 31.6 Å². The van der Waals surface area contributed by atoms with Crippen LogP contribution in [-0.2, 0) is 0 Å². The van der Waals surface area contributed by atoms with Gasteiger partial charge >= 0.3 is 0 Å². The fraction of sp³-hybridized carbons (Fsp3) is 0.500. The number of hydrogen-bond acceptors (Lipinski definition) is 1. The molecule has 1 aliphatic rings. The Morgan fingerprint density at radius 2 is 2.14 bits per heavy atom. The quantitative estimate of drug-likeness (QED) is 0.701. The van der Waals surface area contributed by atoms with Crippen molar-refractivity contribution in [2.75, 3.05) is 0 Å². The van der Waals surface area contributed by atoms with Crippen molar-refractivity contribution in [1.29, 1.82) is 0 Å². The molecule has 0 atom stereocenters. The van der Waals surface area contributed by atoms with E-state index in [1.165, 1.54) is 6.20 Å². The summed E-state index contributed by atoms with van der Waals surface area (Å²) in [6.07, 6.45) is 1.37. The molecule has 0 spiro atoms. The van der Waals surface area contributed by atoms with Crippen LogP contribution in [0.5, 0.6) is 0 Å². The van der Waals surface area contributed by atoms with Crippen molar-refractivity contribution in [2.24, 2.45) is 0 Å². The van der Waals surface area contributed by atoms with E-state index < -0.39 is 5.92 Å². The third-order valence-electron chi connectivity index (χ3n) is 2.58. The van der Waals surface area contributed by atoms with Gasteiger partial charge in [-0.3, -0.25) is 4.98 Å². The van der Waals surface area contributed by atoms with Gasteiger partial charge in [-0.15, -0.1) is 0 Å². The van der Waals surface area contributed by atoms with Crippen LogP contribution in [0.2, 0.25) is 5.02 Å². The summed E-state index contributed by atoms with van der Waals surface area (Å²) in [6.45, 7) is 1.85. The van der Waals surface area contributed by atoms with Crippen LogP contribution in [0.3, 0.4) is 0 Å². The predicted octanol–water partition coefficient (Wildman–Crippen LogP) is 3.56. The van der Waals surface area contributed by atoms with E-state index in [1.807, 2.05) is 6.92 Å². The molecule has 0 radical (unpaired) electrons. The predicted molar refractivity (Wildman–Crippen MR) is 50.9 cm³/mol. The van der Waals surface area contributed by atoms with Gasteiger partial charge in [-0.05, 0) is 18.6 Å². The summed E-state index contributed by atoms with van der Waals surface area (Å²) in [4.78, 5) is 4.06. The monoisotopic (exact) mass is 217 g/mol. The first-order valence-corrected chi connectivity index (χ1v) is 4.86. The molecule has 76 valence electrons. The number of aromatic nitrogens is 1. The van der Waals surface area contributed by atoms with Gasteiger partial charge < -0.3 is 0 Å². The van der Waals surface area contributed by atoms with E-state index in [0.29, 0.717) is 5.02 Å². The van der Waals surface area contributed by atoms with Crippen molar-refractivity contribution in [3.05, 3.63) is 28.5 Å². The zero-order valence-corrected chi connectivity index (χ0v) is 8.48. The standard InChI is InChI=1S/C10H10ClF2N/c1-6-2-9(14-5-8(6)11)7-3-10(12,13)4-7/h2,5,7H,3-4H2,1H3. The fourth-order valence-electron chi connectivity index (χ4n) is 1.65. The van der Waals surface area contributed by atoms with Gasteiger partial charge in [0.15, 0.2) is 0 Å². The largest absolute Gasteiger partial charge is 0.259 e. The van der Waals surface area contributed by atoms with Crippen molar-refractivity contribution >= 4 is 11.6 Å². The number of alkyl halides is 2. The van der Waals surface area contributed by atoms with Crippen LogP contribution in [0.25, 0.3) is 0 Å². The number of aryl methyl sites for hydroxylation is 1. The van der Waals surface area contributed by atoms with Gasteiger partial charge in [0.1, 0.15) is 0 Å². The third kappa shape index (κ3) is 1.73. The van der Waals surface area contributed by atoms with Crippen molar-refractivity contribution in [3.63, 3.8) is 0 Å². The average Bonchev–Trinajstić information content (AvgIpc) is 2.06. The summed E-state index contributed by atoms with van der Waals surface area (Å²) < 4.78 is 25.2. The molecular weight excluding hydrogens is 208 g/mol. The highest BCUT2D eigenvalue weighted by molar-refractivity contribution is 6.31. The summed E-state index contributed by atoms with van der Waals surface area (Å²) in [5.74, 6) is -2.58. The van der Waals surface area contributed by atoms with Crippen molar-refractivity contribution in [3.8, 4) is 0 Å². The number of hydrogen-bond donors (Lipinski definition) is 0. The Bertz CT molecular complexity index is 357. The van der Waals surface area contributed by atoms with Crippen LogP contribution in [-0.4, -0.2) is 10.9 Å². The second-order valence-electron chi connectivity index (χ2n) is 3.82. The molecule has 1 saturated carbocycles. The highest BCUT2D eigenvalue weighted by Gasteiger charge is 2.46. The maximum atomic E-state index is 12.6. The third-order valence-corrected chi connectivity index (χ3v) is 2.97. The van der Waals surface area contributed by atoms with Gasteiger partial charge in [-0.25, -0.2) is 8.78 Å². The maximum Gasteiger partial charge on any atom is 0.249 e. The van der Waals surface area contributed by atoms with Crippen LogP contribution >= 0.6 is 11.6 Å². The van der Waals surface area contributed by atoms with Gasteiger partial charge in [0.2, 0.25) is 5.92 Å². The molecular formula is C10H10ClF2N. The lowest BCUT2D eigenvalue weighted by atomic mass is 9.79. The van der Waals surface area contributed by atoms with Crippen LogP contribution in [0.4, 0.5) is 8.78 Å². The number of nitrogens with zero attached hydrogens (tertiary/aromatic N) is 1. The molecule has 0 bridgehead atoms. The Morgan fingerprint density at radius 1 is 1.50 bits per heavy atom. The summed E-state index contributed by atoms with van der Waals surface area (Å²) in [5.41, 5.74) is 1.63. The molecule has 0 N–H and O–H groups in total. The van der Waals surface area contributed by atoms with Gasteiger partial charge in [0.25, 0.3) is 0 Å². The SMILES string of the molecule is Cc1cc(C2CC(F)(F)C2)ncc1Cl. The van der Waals surface area contributed by atoms with E-state index in [9.17, 15) is 8.78 Å². The van der Waals surface area contributed by atoms with E-state index in [2.05, 4.69) is 4.98 Å².